The summed E-state index contributed by atoms with van der Waals surface area (Å²) in [6, 6.07) is 0.257. The molecule has 2 aromatic heterocycles. The van der Waals surface area contributed by atoms with Crippen LogP contribution in [0, 0.1) is 5.92 Å². The third kappa shape index (κ3) is 4.91. The van der Waals surface area contributed by atoms with Crippen LogP contribution in [0.25, 0.3) is 11.0 Å². The average Bonchev–Trinajstić information content (AvgIpc) is 3.28. The zero-order chi connectivity index (χ0) is 23.4. The highest BCUT2D eigenvalue weighted by Crippen LogP contribution is 2.32. The van der Waals surface area contributed by atoms with Crippen LogP contribution in [0.15, 0.2) is 12.4 Å². The van der Waals surface area contributed by atoms with Gasteiger partial charge in [-0.3, -0.25) is 4.79 Å². The molecule has 1 atom stereocenters. The second-order valence-corrected chi connectivity index (χ2v) is 9.05. The highest BCUT2D eigenvalue weighted by Gasteiger charge is 2.29. The van der Waals surface area contributed by atoms with Crippen molar-refractivity contribution in [3.05, 3.63) is 18.0 Å². The van der Waals surface area contributed by atoms with E-state index in [4.69, 9.17) is 4.74 Å². The molecule has 2 aliphatic rings. The van der Waals surface area contributed by atoms with Gasteiger partial charge in [-0.25, -0.2) is 14.5 Å². The number of nitrogens with zero attached hydrogens (tertiary/aromatic N) is 5. The molecule has 180 valence electrons. The first-order valence-electron chi connectivity index (χ1n) is 12.4. The number of hydrogen-bond donors (Lipinski definition) is 1. The number of carbonyl (C=O) groups excluding carboxylic acids is 2. The van der Waals surface area contributed by atoms with E-state index in [0.29, 0.717) is 44.3 Å². The Hall–Kier alpha value is -2.84. The van der Waals surface area contributed by atoms with E-state index in [-0.39, 0.29) is 18.0 Å². The number of aryl methyl sites for hydroxylation is 1. The summed E-state index contributed by atoms with van der Waals surface area (Å²) >= 11 is 0. The second-order valence-electron chi connectivity index (χ2n) is 9.05. The van der Waals surface area contributed by atoms with Gasteiger partial charge in [0.1, 0.15) is 0 Å². The fourth-order valence-electron chi connectivity index (χ4n) is 5.03. The lowest BCUT2D eigenvalue weighted by atomic mass is 9.84. The second kappa shape index (κ2) is 10.4. The molecular formula is C24H36N6O3. The molecule has 1 aliphatic heterocycles. The maximum atomic E-state index is 13.6. The third-order valence-electron chi connectivity index (χ3n) is 7.02. The van der Waals surface area contributed by atoms with Crippen molar-refractivity contribution in [1.29, 1.82) is 0 Å². The molecule has 3 heterocycles. The quantitative estimate of drug-likeness (QED) is 0.712. The number of amides is 2. The monoisotopic (exact) mass is 456 g/mol. The van der Waals surface area contributed by atoms with E-state index in [1.807, 2.05) is 17.8 Å². The summed E-state index contributed by atoms with van der Waals surface area (Å²) in [7, 11) is 0. The standard InChI is InChI=1S/C24H36N6O3/c1-4-30-22-19(16-26-30)21(27-17(3)18-9-7-6-8-10-18)20(15-25-22)23(31)28-11-13-29(14-12-28)24(32)33-5-2/h15-18H,4-14H2,1-3H3,(H,25,27). The van der Waals surface area contributed by atoms with Crippen LogP contribution in [0.3, 0.4) is 0 Å². The number of ether oxygens (including phenoxy) is 1. The Balaban J connectivity index is 1.58. The number of anilines is 1. The minimum absolute atomic E-state index is 0.0597. The van der Waals surface area contributed by atoms with Gasteiger partial charge in [-0.05, 0) is 39.5 Å². The van der Waals surface area contributed by atoms with Crippen molar-refractivity contribution in [2.75, 3.05) is 38.1 Å². The maximum absolute atomic E-state index is 13.6. The van der Waals surface area contributed by atoms with E-state index < -0.39 is 0 Å². The normalized spacial score (nSPS) is 18.4. The minimum atomic E-state index is -0.316. The Morgan fingerprint density at radius 1 is 1.09 bits per heavy atom. The summed E-state index contributed by atoms with van der Waals surface area (Å²) in [6.45, 7) is 9.01. The van der Waals surface area contributed by atoms with Crippen LogP contribution in [0.2, 0.25) is 0 Å². The number of hydrogen-bond acceptors (Lipinski definition) is 6. The summed E-state index contributed by atoms with van der Waals surface area (Å²) in [5.41, 5.74) is 2.19. The molecule has 1 N–H and O–H groups in total. The van der Waals surface area contributed by atoms with Crippen molar-refractivity contribution in [3.63, 3.8) is 0 Å². The molecule has 0 radical (unpaired) electrons. The predicted octanol–water partition coefficient (Wildman–Crippen LogP) is 3.75. The number of piperazine rings is 1. The molecule has 1 saturated heterocycles. The van der Waals surface area contributed by atoms with Crippen LogP contribution in [-0.2, 0) is 11.3 Å². The lowest BCUT2D eigenvalue weighted by Gasteiger charge is -2.35. The van der Waals surface area contributed by atoms with Crippen LogP contribution in [0.1, 0.15) is 63.2 Å². The topological polar surface area (TPSA) is 92.6 Å². The number of pyridine rings is 1. The molecule has 0 bridgehead atoms. The molecule has 2 fully saturated rings. The third-order valence-corrected chi connectivity index (χ3v) is 7.02. The predicted molar refractivity (Wildman–Crippen MR) is 127 cm³/mol. The van der Waals surface area contributed by atoms with Crippen LogP contribution >= 0.6 is 0 Å². The zero-order valence-corrected chi connectivity index (χ0v) is 20.0. The van der Waals surface area contributed by atoms with Gasteiger partial charge in [0.15, 0.2) is 5.65 Å². The zero-order valence-electron chi connectivity index (χ0n) is 20.0. The van der Waals surface area contributed by atoms with E-state index in [1.165, 1.54) is 32.1 Å². The van der Waals surface area contributed by atoms with Gasteiger partial charge in [-0.15, -0.1) is 0 Å². The van der Waals surface area contributed by atoms with Gasteiger partial charge in [0.25, 0.3) is 5.91 Å². The minimum Gasteiger partial charge on any atom is -0.450 e. The fourth-order valence-corrected chi connectivity index (χ4v) is 5.03. The lowest BCUT2D eigenvalue weighted by Crippen LogP contribution is -2.50. The van der Waals surface area contributed by atoms with Gasteiger partial charge < -0.3 is 19.9 Å². The van der Waals surface area contributed by atoms with E-state index in [0.717, 1.165) is 23.3 Å². The van der Waals surface area contributed by atoms with Crippen molar-refractivity contribution < 1.29 is 14.3 Å². The molecule has 1 unspecified atom stereocenters. The summed E-state index contributed by atoms with van der Waals surface area (Å²) in [5.74, 6) is 0.537. The molecule has 4 rings (SSSR count). The van der Waals surface area contributed by atoms with Crippen LogP contribution in [0.5, 0.6) is 0 Å². The van der Waals surface area contributed by atoms with Gasteiger partial charge in [-0.1, -0.05) is 19.3 Å². The molecule has 9 nitrogen and oxygen atoms in total. The Labute approximate surface area is 195 Å². The Bertz CT molecular complexity index is 976. The number of rotatable bonds is 6. The van der Waals surface area contributed by atoms with Crippen molar-refractivity contribution >= 4 is 28.7 Å². The molecule has 2 aromatic rings. The SMILES string of the molecule is CCOC(=O)N1CCN(C(=O)c2cnc3c(cnn3CC)c2NC(C)C2CCCCC2)CC1. The number of carbonyl (C=O) groups is 2. The van der Waals surface area contributed by atoms with E-state index in [2.05, 4.69) is 22.3 Å². The summed E-state index contributed by atoms with van der Waals surface area (Å²) in [4.78, 5) is 33.7. The van der Waals surface area contributed by atoms with Crippen LogP contribution in [-0.4, -0.2) is 75.4 Å². The molecular weight excluding hydrogens is 420 g/mol. The van der Waals surface area contributed by atoms with Crippen molar-refractivity contribution in [3.8, 4) is 0 Å². The first-order valence-corrected chi connectivity index (χ1v) is 12.4. The van der Waals surface area contributed by atoms with Gasteiger partial charge in [0, 0.05) is 45.0 Å². The van der Waals surface area contributed by atoms with Gasteiger partial charge >= 0.3 is 6.09 Å². The van der Waals surface area contributed by atoms with E-state index >= 15 is 0 Å². The molecule has 2 amide bonds. The van der Waals surface area contributed by atoms with Crippen LogP contribution < -0.4 is 5.32 Å². The highest BCUT2D eigenvalue weighted by atomic mass is 16.6. The van der Waals surface area contributed by atoms with E-state index in [9.17, 15) is 9.59 Å². The van der Waals surface area contributed by atoms with Crippen LogP contribution in [0.4, 0.5) is 10.5 Å². The van der Waals surface area contributed by atoms with Gasteiger partial charge in [0.2, 0.25) is 0 Å². The fraction of sp³-hybridized carbons (Fsp3) is 0.667. The molecule has 9 heteroatoms. The number of aromatic nitrogens is 3. The largest absolute Gasteiger partial charge is 0.450 e. The smallest absolute Gasteiger partial charge is 0.409 e. The van der Waals surface area contributed by atoms with Gasteiger partial charge in [-0.2, -0.15) is 5.10 Å². The summed E-state index contributed by atoms with van der Waals surface area (Å²) in [6.07, 6.45) is 9.48. The van der Waals surface area contributed by atoms with Crippen molar-refractivity contribution in [1.82, 2.24) is 24.6 Å². The number of nitrogens with one attached hydrogen (secondary N) is 1. The number of fused-ring (bicyclic) bond motifs is 1. The lowest BCUT2D eigenvalue weighted by molar-refractivity contribution is 0.0571. The Morgan fingerprint density at radius 3 is 2.45 bits per heavy atom. The van der Waals surface area contributed by atoms with Crippen molar-refractivity contribution in [2.45, 2.75) is 65.5 Å². The van der Waals surface area contributed by atoms with E-state index in [1.54, 1.807) is 22.9 Å². The summed E-state index contributed by atoms with van der Waals surface area (Å²) in [5, 5.41) is 9.07. The average molecular weight is 457 g/mol. The molecule has 1 aliphatic carbocycles. The van der Waals surface area contributed by atoms with Gasteiger partial charge in [0.05, 0.1) is 29.4 Å². The maximum Gasteiger partial charge on any atom is 0.409 e. The molecule has 0 aromatic carbocycles. The Kier molecular flexibility index (Phi) is 7.35. The molecule has 1 saturated carbocycles. The molecule has 33 heavy (non-hydrogen) atoms. The Morgan fingerprint density at radius 2 is 1.79 bits per heavy atom. The summed E-state index contributed by atoms with van der Waals surface area (Å²) < 4.78 is 6.96. The molecule has 0 spiro atoms. The first kappa shape index (κ1) is 23.3. The highest BCUT2D eigenvalue weighted by molar-refractivity contribution is 6.06. The first-order chi connectivity index (χ1) is 16.0. The van der Waals surface area contributed by atoms with Crippen molar-refractivity contribution in [2.24, 2.45) is 5.92 Å².